The molecule has 120 valence electrons. The van der Waals surface area contributed by atoms with Gasteiger partial charge in [0, 0.05) is 19.8 Å². The van der Waals surface area contributed by atoms with Crippen LogP contribution in [0.4, 0.5) is 0 Å². The van der Waals surface area contributed by atoms with Crippen molar-refractivity contribution >= 4 is 10.0 Å². The summed E-state index contributed by atoms with van der Waals surface area (Å²) in [7, 11) is -3.51. The Labute approximate surface area is 125 Å². The van der Waals surface area contributed by atoms with Crippen LogP contribution in [0.15, 0.2) is 4.90 Å². The average Bonchev–Trinajstić information content (AvgIpc) is 3.04. The maximum absolute atomic E-state index is 12.1. The molecule has 0 aromatic carbocycles. The molecule has 0 spiro atoms. The zero-order chi connectivity index (χ0) is 15.3. The van der Waals surface area contributed by atoms with Crippen LogP contribution in [0.3, 0.4) is 0 Å². The van der Waals surface area contributed by atoms with E-state index < -0.39 is 10.0 Å². The highest BCUT2D eigenvalue weighted by molar-refractivity contribution is 7.89. The number of nitrogens with zero attached hydrogens (tertiary/aromatic N) is 1. The highest BCUT2D eigenvalue weighted by atomic mass is 32.2. The van der Waals surface area contributed by atoms with Gasteiger partial charge in [0.2, 0.25) is 10.0 Å². The monoisotopic (exact) mass is 317 g/mol. The van der Waals surface area contributed by atoms with Crippen molar-refractivity contribution in [2.24, 2.45) is 0 Å². The summed E-state index contributed by atoms with van der Waals surface area (Å²) in [5, 5.41) is 6.58. The lowest BCUT2D eigenvalue weighted by atomic mass is 10.2. The molecule has 0 amide bonds. The summed E-state index contributed by atoms with van der Waals surface area (Å²) in [5.41, 5.74) is 1.03. The van der Waals surface area contributed by atoms with Crippen LogP contribution in [0.1, 0.15) is 30.7 Å². The molecule has 2 heterocycles. The molecule has 1 unspecified atom stereocenters. The number of aryl methyl sites for hydroxylation is 2. The topological polar surface area (TPSA) is 93.3 Å². The summed E-state index contributed by atoms with van der Waals surface area (Å²) in [6.07, 6.45) is 2.98. The van der Waals surface area contributed by atoms with Gasteiger partial charge in [-0.05, 0) is 33.1 Å². The van der Waals surface area contributed by atoms with E-state index in [1.54, 1.807) is 13.8 Å². The Bertz CT molecular complexity index is 530. The van der Waals surface area contributed by atoms with Crippen molar-refractivity contribution in [1.82, 2.24) is 14.9 Å². The zero-order valence-corrected chi connectivity index (χ0v) is 13.3. The maximum Gasteiger partial charge on any atom is 0.244 e. The molecule has 8 heteroatoms. The number of hydrogen-bond acceptors (Lipinski definition) is 5. The lowest BCUT2D eigenvalue weighted by Gasteiger charge is -2.10. The zero-order valence-electron chi connectivity index (χ0n) is 12.5. The predicted molar refractivity (Wildman–Crippen MR) is 77.7 cm³/mol. The van der Waals surface area contributed by atoms with Crippen LogP contribution in [-0.4, -0.2) is 51.1 Å². The molecule has 1 fully saturated rings. The second kappa shape index (κ2) is 7.35. The van der Waals surface area contributed by atoms with Crippen molar-refractivity contribution in [3.63, 3.8) is 0 Å². The third-order valence-corrected chi connectivity index (χ3v) is 5.14. The number of rotatable bonds is 8. The summed E-state index contributed by atoms with van der Waals surface area (Å²) < 4.78 is 37.8. The van der Waals surface area contributed by atoms with Crippen molar-refractivity contribution in [2.75, 3.05) is 26.4 Å². The number of aromatic nitrogens is 2. The fourth-order valence-corrected chi connectivity index (χ4v) is 3.82. The van der Waals surface area contributed by atoms with E-state index in [4.69, 9.17) is 9.47 Å². The Hall–Kier alpha value is -0.960. The lowest BCUT2D eigenvalue weighted by Crippen LogP contribution is -2.26. The van der Waals surface area contributed by atoms with Crippen LogP contribution in [0.5, 0.6) is 0 Å². The van der Waals surface area contributed by atoms with E-state index in [0.29, 0.717) is 37.6 Å². The molecule has 0 saturated carbocycles. The van der Waals surface area contributed by atoms with Crippen LogP contribution in [0.25, 0.3) is 0 Å². The molecule has 0 aliphatic carbocycles. The lowest BCUT2D eigenvalue weighted by molar-refractivity contribution is 0.0169. The van der Waals surface area contributed by atoms with Gasteiger partial charge in [0.25, 0.3) is 0 Å². The van der Waals surface area contributed by atoms with E-state index in [9.17, 15) is 8.42 Å². The first kappa shape index (κ1) is 16.4. The molecule has 2 rings (SSSR count). The van der Waals surface area contributed by atoms with Gasteiger partial charge in [-0.2, -0.15) is 5.10 Å². The minimum atomic E-state index is -3.51. The van der Waals surface area contributed by atoms with Crippen molar-refractivity contribution in [3.05, 3.63) is 11.4 Å². The van der Waals surface area contributed by atoms with Gasteiger partial charge < -0.3 is 9.47 Å². The van der Waals surface area contributed by atoms with Gasteiger partial charge in [-0.1, -0.05) is 0 Å². The highest BCUT2D eigenvalue weighted by Crippen LogP contribution is 2.16. The average molecular weight is 317 g/mol. The van der Waals surface area contributed by atoms with Gasteiger partial charge in [0.1, 0.15) is 4.90 Å². The largest absolute Gasteiger partial charge is 0.379 e. The van der Waals surface area contributed by atoms with Crippen molar-refractivity contribution in [3.8, 4) is 0 Å². The van der Waals surface area contributed by atoms with Gasteiger partial charge in [0.15, 0.2) is 0 Å². The van der Waals surface area contributed by atoms with Crippen LogP contribution < -0.4 is 4.72 Å². The number of nitrogens with one attached hydrogen (secondary N) is 2. The van der Waals surface area contributed by atoms with E-state index >= 15 is 0 Å². The Morgan fingerprint density at radius 3 is 2.90 bits per heavy atom. The summed E-state index contributed by atoms with van der Waals surface area (Å²) in [6.45, 7) is 5.63. The summed E-state index contributed by atoms with van der Waals surface area (Å²) in [4.78, 5) is 0.239. The SMILES string of the molecule is Cc1n[nH]c(C)c1S(=O)(=O)NCCCOCC1CCCO1. The van der Waals surface area contributed by atoms with E-state index in [-0.39, 0.29) is 11.0 Å². The summed E-state index contributed by atoms with van der Waals surface area (Å²) in [6, 6.07) is 0. The molecule has 1 aromatic rings. The molecule has 1 aliphatic rings. The first-order chi connectivity index (χ1) is 10.0. The maximum atomic E-state index is 12.1. The minimum absolute atomic E-state index is 0.206. The van der Waals surface area contributed by atoms with Gasteiger partial charge >= 0.3 is 0 Å². The Balaban J connectivity index is 1.68. The van der Waals surface area contributed by atoms with E-state index in [2.05, 4.69) is 14.9 Å². The molecule has 1 aliphatic heterocycles. The number of H-pyrrole nitrogens is 1. The molecule has 21 heavy (non-hydrogen) atoms. The second-order valence-corrected chi connectivity index (χ2v) is 6.93. The minimum Gasteiger partial charge on any atom is -0.379 e. The molecule has 1 aromatic heterocycles. The van der Waals surface area contributed by atoms with Crippen molar-refractivity contribution < 1.29 is 17.9 Å². The quantitative estimate of drug-likeness (QED) is 0.695. The molecular formula is C13H23N3O4S. The fourth-order valence-electron chi connectivity index (χ4n) is 2.38. The number of hydrogen-bond donors (Lipinski definition) is 2. The van der Waals surface area contributed by atoms with Crippen LogP contribution in [-0.2, 0) is 19.5 Å². The summed E-state index contributed by atoms with van der Waals surface area (Å²) >= 11 is 0. The van der Waals surface area contributed by atoms with Gasteiger partial charge in [-0.25, -0.2) is 13.1 Å². The second-order valence-electron chi connectivity index (χ2n) is 5.22. The normalized spacial score (nSPS) is 19.2. The smallest absolute Gasteiger partial charge is 0.244 e. The molecule has 2 N–H and O–H groups in total. The third kappa shape index (κ3) is 4.50. The van der Waals surface area contributed by atoms with E-state index in [0.717, 1.165) is 19.4 Å². The van der Waals surface area contributed by atoms with Crippen LogP contribution >= 0.6 is 0 Å². The van der Waals surface area contributed by atoms with Crippen LogP contribution in [0, 0.1) is 13.8 Å². The van der Waals surface area contributed by atoms with Gasteiger partial charge in [0.05, 0.1) is 24.1 Å². The van der Waals surface area contributed by atoms with E-state index in [1.807, 2.05) is 0 Å². The Kier molecular flexibility index (Phi) is 5.74. The predicted octanol–water partition coefficient (Wildman–Crippen LogP) is 0.891. The van der Waals surface area contributed by atoms with Crippen LogP contribution in [0.2, 0.25) is 0 Å². The van der Waals surface area contributed by atoms with Crippen molar-refractivity contribution in [1.29, 1.82) is 0 Å². The standard InChI is InChI=1S/C13H23N3O4S/c1-10-13(11(2)16-15-10)21(17,18)14-6-4-7-19-9-12-5-3-8-20-12/h12,14H,3-9H2,1-2H3,(H,15,16). The molecule has 7 nitrogen and oxygen atoms in total. The first-order valence-corrected chi connectivity index (χ1v) is 8.69. The molecule has 1 saturated heterocycles. The number of aromatic amines is 1. The molecule has 0 bridgehead atoms. The molecule has 0 radical (unpaired) electrons. The number of ether oxygens (including phenoxy) is 2. The molecular weight excluding hydrogens is 294 g/mol. The van der Waals surface area contributed by atoms with Crippen molar-refractivity contribution in [2.45, 2.75) is 44.1 Å². The third-order valence-electron chi connectivity index (χ3n) is 3.41. The van der Waals surface area contributed by atoms with E-state index in [1.165, 1.54) is 0 Å². The highest BCUT2D eigenvalue weighted by Gasteiger charge is 2.21. The molecule has 1 atom stereocenters. The Morgan fingerprint density at radius 2 is 2.29 bits per heavy atom. The Morgan fingerprint density at radius 1 is 1.48 bits per heavy atom. The summed E-state index contributed by atoms with van der Waals surface area (Å²) in [5.74, 6) is 0. The van der Waals surface area contributed by atoms with Gasteiger partial charge in [-0.15, -0.1) is 0 Å². The fraction of sp³-hybridized carbons (Fsp3) is 0.769. The first-order valence-electron chi connectivity index (χ1n) is 7.21. The number of sulfonamides is 1. The van der Waals surface area contributed by atoms with Gasteiger partial charge in [-0.3, -0.25) is 5.10 Å².